The van der Waals surface area contributed by atoms with E-state index in [-0.39, 0.29) is 0 Å². The largest absolute Gasteiger partial charge is 0.370 e. The van der Waals surface area contributed by atoms with E-state index in [0.29, 0.717) is 0 Å². The highest BCUT2D eigenvalue weighted by molar-refractivity contribution is 9.10. The Kier molecular flexibility index (Phi) is 4.95. The van der Waals surface area contributed by atoms with Gasteiger partial charge in [-0.15, -0.1) is 0 Å². The Hall–Kier alpha value is -0.680. The molecular formula is C13H15Br2N3. The molecule has 0 aromatic carbocycles. The van der Waals surface area contributed by atoms with Crippen LogP contribution in [0.1, 0.15) is 13.3 Å². The van der Waals surface area contributed by atoms with E-state index in [9.17, 15) is 0 Å². The standard InChI is InChI=1S/C13H15Br2N3/c1-2-18(7-3-5-14)12-4-6-16-11-8-10(15)9-17-13(11)12/h4,6,8-9H,2-3,5,7H2,1H3. The van der Waals surface area contributed by atoms with E-state index in [2.05, 4.69) is 53.7 Å². The summed E-state index contributed by atoms with van der Waals surface area (Å²) in [6, 6.07) is 4.05. The molecule has 2 rings (SSSR count). The second kappa shape index (κ2) is 6.48. The van der Waals surface area contributed by atoms with E-state index in [0.717, 1.165) is 46.0 Å². The van der Waals surface area contributed by atoms with E-state index in [1.54, 1.807) is 0 Å². The number of anilines is 1. The molecule has 18 heavy (non-hydrogen) atoms. The molecule has 0 N–H and O–H groups in total. The number of nitrogens with zero attached hydrogens (tertiary/aromatic N) is 3. The fraction of sp³-hybridized carbons (Fsp3) is 0.385. The van der Waals surface area contributed by atoms with Crippen molar-refractivity contribution in [3.8, 4) is 0 Å². The normalized spacial score (nSPS) is 10.8. The van der Waals surface area contributed by atoms with Gasteiger partial charge in [0, 0.05) is 35.3 Å². The number of rotatable bonds is 5. The van der Waals surface area contributed by atoms with Crippen LogP contribution in [0.2, 0.25) is 0 Å². The highest BCUT2D eigenvalue weighted by atomic mass is 79.9. The van der Waals surface area contributed by atoms with E-state index < -0.39 is 0 Å². The smallest absolute Gasteiger partial charge is 0.112 e. The molecule has 5 heteroatoms. The second-order valence-corrected chi connectivity index (χ2v) is 5.68. The summed E-state index contributed by atoms with van der Waals surface area (Å²) in [5.74, 6) is 0. The van der Waals surface area contributed by atoms with Gasteiger partial charge in [0.2, 0.25) is 0 Å². The van der Waals surface area contributed by atoms with Crippen molar-refractivity contribution in [1.82, 2.24) is 9.97 Å². The van der Waals surface area contributed by atoms with Crippen molar-refractivity contribution in [3.05, 3.63) is 29.0 Å². The van der Waals surface area contributed by atoms with Gasteiger partial charge in [0.1, 0.15) is 5.52 Å². The van der Waals surface area contributed by atoms with Crippen LogP contribution in [0, 0.1) is 0 Å². The first-order chi connectivity index (χ1) is 8.76. The summed E-state index contributed by atoms with van der Waals surface area (Å²) in [6.07, 6.45) is 4.79. The fourth-order valence-electron chi connectivity index (χ4n) is 1.95. The Balaban J connectivity index is 2.42. The van der Waals surface area contributed by atoms with Gasteiger partial charge >= 0.3 is 0 Å². The summed E-state index contributed by atoms with van der Waals surface area (Å²) >= 11 is 6.91. The van der Waals surface area contributed by atoms with Crippen molar-refractivity contribution < 1.29 is 0 Å². The molecule has 0 amide bonds. The molecule has 0 spiro atoms. The Morgan fingerprint density at radius 3 is 2.89 bits per heavy atom. The zero-order valence-electron chi connectivity index (χ0n) is 10.2. The molecule has 0 saturated carbocycles. The summed E-state index contributed by atoms with van der Waals surface area (Å²) in [5, 5.41) is 1.02. The molecule has 0 aliphatic rings. The molecule has 3 nitrogen and oxygen atoms in total. The quantitative estimate of drug-likeness (QED) is 0.742. The van der Waals surface area contributed by atoms with Crippen molar-refractivity contribution in [3.63, 3.8) is 0 Å². The number of hydrogen-bond donors (Lipinski definition) is 0. The van der Waals surface area contributed by atoms with Crippen LogP contribution in [0.15, 0.2) is 29.0 Å². The monoisotopic (exact) mass is 371 g/mol. The molecule has 0 radical (unpaired) electrons. The highest BCUT2D eigenvalue weighted by Crippen LogP contribution is 2.25. The van der Waals surface area contributed by atoms with Crippen LogP contribution in [-0.2, 0) is 0 Å². The van der Waals surface area contributed by atoms with Crippen molar-refractivity contribution in [1.29, 1.82) is 0 Å². The van der Waals surface area contributed by atoms with Gasteiger partial charge in [-0.25, -0.2) is 0 Å². The molecule has 0 saturated heterocycles. The van der Waals surface area contributed by atoms with Gasteiger partial charge in [0.15, 0.2) is 0 Å². The van der Waals surface area contributed by atoms with E-state index >= 15 is 0 Å². The fourth-order valence-corrected chi connectivity index (χ4v) is 2.52. The van der Waals surface area contributed by atoms with Gasteiger partial charge in [-0.1, -0.05) is 15.9 Å². The predicted octanol–water partition coefficient (Wildman–Crippen LogP) is 4.00. The zero-order chi connectivity index (χ0) is 13.0. The molecule has 0 aliphatic heterocycles. The van der Waals surface area contributed by atoms with Crippen molar-refractivity contribution >= 4 is 48.6 Å². The summed E-state index contributed by atoms with van der Waals surface area (Å²) in [5.41, 5.74) is 3.06. The molecule has 2 aromatic rings. The second-order valence-electron chi connectivity index (χ2n) is 3.97. The van der Waals surface area contributed by atoms with Gasteiger partial charge in [-0.3, -0.25) is 9.97 Å². The first-order valence-corrected chi connectivity index (χ1v) is 7.89. The maximum atomic E-state index is 4.49. The molecule has 96 valence electrons. The third kappa shape index (κ3) is 3.01. The van der Waals surface area contributed by atoms with Crippen molar-refractivity contribution in [2.24, 2.45) is 0 Å². The van der Waals surface area contributed by atoms with Crippen LogP contribution in [0.25, 0.3) is 11.0 Å². The summed E-state index contributed by atoms with van der Waals surface area (Å²) in [6.45, 7) is 4.17. The molecule has 0 atom stereocenters. The number of alkyl halides is 1. The number of pyridine rings is 2. The average Bonchev–Trinajstić information content (AvgIpc) is 2.39. The van der Waals surface area contributed by atoms with Crippen molar-refractivity contribution in [2.45, 2.75) is 13.3 Å². The van der Waals surface area contributed by atoms with Gasteiger partial charge in [0.05, 0.1) is 11.2 Å². The van der Waals surface area contributed by atoms with Crippen LogP contribution >= 0.6 is 31.9 Å². The van der Waals surface area contributed by atoms with Crippen molar-refractivity contribution in [2.75, 3.05) is 23.3 Å². The van der Waals surface area contributed by atoms with E-state index in [1.807, 2.05) is 24.5 Å². The maximum Gasteiger partial charge on any atom is 0.112 e. The van der Waals surface area contributed by atoms with E-state index in [4.69, 9.17) is 0 Å². The third-order valence-corrected chi connectivity index (χ3v) is 3.80. The lowest BCUT2D eigenvalue weighted by Gasteiger charge is -2.23. The molecule has 0 bridgehead atoms. The molecule has 2 heterocycles. The van der Waals surface area contributed by atoms with E-state index in [1.165, 1.54) is 0 Å². The number of aromatic nitrogens is 2. The molecule has 0 aliphatic carbocycles. The number of halogens is 2. The van der Waals surface area contributed by atoms with Gasteiger partial charge in [-0.05, 0) is 41.4 Å². The van der Waals surface area contributed by atoms with Gasteiger partial charge in [-0.2, -0.15) is 0 Å². The minimum atomic E-state index is 0.930. The highest BCUT2D eigenvalue weighted by Gasteiger charge is 2.10. The first kappa shape index (κ1) is 13.7. The Morgan fingerprint density at radius 2 is 2.17 bits per heavy atom. The minimum Gasteiger partial charge on any atom is -0.370 e. The Labute approximate surface area is 124 Å². The van der Waals surface area contributed by atoms with Gasteiger partial charge in [0.25, 0.3) is 0 Å². The van der Waals surface area contributed by atoms with Crippen LogP contribution in [-0.4, -0.2) is 28.4 Å². The molecule has 0 unspecified atom stereocenters. The summed E-state index contributed by atoms with van der Waals surface area (Å²) in [4.78, 5) is 11.2. The maximum absolute atomic E-state index is 4.49. The van der Waals surface area contributed by atoms with Gasteiger partial charge < -0.3 is 4.90 Å². The van der Waals surface area contributed by atoms with Crippen LogP contribution < -0.4 is 4.90 Å². The molecular weight excluding hydrogens is 358 g/mol. The molecule has 2 aromatic heterocycles. The number of hydrogen-bond acceptors (Lipinski definition) is 3. The predicted molar refractivity (Wildman–Crippen MR) is 83.5 cm³/mol. The minimum absolute atomic E-state index is 0.930. The number of fused-ring (bicyclic) bond motifs is 1. The summed E-state index contributed by atoms with van der Waals surface area (Å²) in [7, 11) is 0. The zero-order valence-corrected chi connectivity index (χ0v) is 13.4. The van der Waals surface area contributed by atoms with Crippen LogP contribution in [0.3, 0.4) is 0 Å². The average molecular weight is 373 g/mol. The topological polar surface area (TPSA) is 29.0 Å². The first-order valence-electron chi connectivity index (χ1n) is 5.97. The lowest BCUT2D eigenvalue weighted by Crippen LogP contribution is -2.24. The SMILES string of the molecule is CCN(CCCBr)c1ccnc2cc(Br)cnc12. The summed E-state index contributed by atoms with van der Waals surface area (Å²) < 4.78 is 0.961. The molecule has 0 fully saturated rings. The Morgan fingerprint density at radius 1 is 1.33 bits per heavy atom. The van der Waals surface area contributed by atoms with Crippen LogP contribution in [0.4, 0.5) is 5.69 Å². The Bertz CT molecular complexity index is 531. The lowest BCUT2D eigenvalue weighted by atomic mass is 10.2. The third-order valence-electron chi connectivity index (χ3n) is 2.81. The lowest BCUT2D eigenvalue weighted by molar-refractivity contribution is 0.800. The van der Waals surface area contributed by atoms with Crippen LogP contribution in [0.5, 0.6) is 0 Å².